The standard InChI is InChI=1S/C45H65N13O10S/c1-25(2)15-26(17-37(60)58-68)42(64)54-33(18-28-20-47-24-52-28)44(66)55-32(16-27-19-49-30-10-4-3-9-29(27)30)43(65)51-21-38(61)50-22-39(62)53-31(41(46)63)11-7-8-14-48-36(59)13-6-5-12-35-40-34(23-69-35)56-45(67)57-40/h3-4,9-10,19-20,24-26,31-35,40,49,68H,5-8,11-18,21-23H2,1-2H3,(H2,46,63)(H,47,52)(H,48,59)(H,50,61)(H,51,65)(H,53,62)(H,54,64)(H,55,66)(H,58,60)(H2,56,57,67)/t26?,31-,32-,33-,34-,35-,40-/m0/s1. The van der Waals surface area contributed by atoms with Crippen molar-refractivity contribution in [2.24, 2.45) is 17.6 Å². The third-order valence-electron chi connectivity index (χ3n) is 11.9. The highest BCUT2D eigenvalue weighted by Crippen LogP contribution is 2.33. The second-order valence-corrected chi connectivity index (χ2v) is 19.0. The third kappa shape index (κ3) is 17.1. The fourth-order valence-corrected chi connectivity index (χ4v) is 9.91. The van der Waals surface area contributed by atoms with Gasteiger partial charge in [-0.25, -0.2) is 15.3 Å². The molecule has 3 aromatic rings. The van der Waals surface area contributed by atoms with E-state index < -0.39 is 78.5 Å². The summed E-state index contributed by atoms with van der Waals surface area (Å²) in [6.07, 6.45) is 8.45. The Morgan fingerprint density at radius 1 is 0.812 bits per heavy atom. The van der Waals surface area contributed by atoms with Crippen molar-refractivity contribution in [1.82, 2.24) is 63.0 Å². The summed E-state index contributed by atoms with van der Waals surface area (Å²) >= 11 is 1.83. The van der Waals surface area contributed by atoms with E-state index in [4.69, 9.17) is 10.9 Å². The summed E-state index contributed by atoms with van der Waals surface area (Å²) in [7, 11) is 0. The molecule has 0 aliphatic carbocycles. The number of hydrogen-bond donors (Lipinski definition) is 13. The Hall–Kier alpha value is -6.69. The maximum absolute atomic E-state index is 14.1. The lowest BCUT2D eigenvalue weighted by Crippen LogP contribution is -2.56. The lowest BCUT2D eigenvalue weighted by atomic mass is 9.92. The van der Waals surface area contributed by atoms with Gasteiger partial charge < -0.3 is 58.2 Å². The quantitative estimate of drug-likeness (QED) is 0.0180. The molecule has 4 heterocycles. The first-order valence-electron chi connectivity index (χ1n) is 23.2. The van der Waals surface area contributed by atoms with E-state index >= 15 is 0 Å². The molecule has 376 valence electrons. The van der Waals surface area contributed by atoms with Gasteiger partial charge in [0.1, 0.15) is 18.1 Å². The lowest BCUT2D eigenvalue weighted by molar-refractivity contribution is -0.137. The molecule has 7 atom stereocenters. The average Bonchev–Trinajstić information content (AvgIpc) is 4.14. The molecule has 2 aliphatic heterocycles. The number of primary amides is 1. The molecular formula is C45H65N13O10S. The first kappa shape index (κ1) is 53.3. The molecule has 2 fully saturated rings. The fourth-order valence-electron chi connectivity index (χ4n) is 8.37. The van der Waals surface area contributed by atoms with Crippen LogP contribution in [0.25, 0.3) is 10.9 Å². The Labute approximate surface area is 403 Å². The Kier molecular flexibility index (Phi) is 20.6. The van der Waals surface area contributed by atoms with Crippen LogP contribution in [0.5, 0.6) is 0 Å². The van der Waals surface area contributed by atoms with Crippen molar-refractivity contribution in [3.63, 3.8) is 0 Å². The third-order valence-corrected chi connectivity index (χ3v) is 13.4. The van der Waals surface area contributed by atoms with E-state index in [0.717, 1.165) is 35.9 Å². The largest absolute Gasteiger partial charge is 0.368 e. The summed E-state index contributed by atoms with van der Waals surface area (Å²) in [4.78, 5) is 125. The highest BCUT2D eigenvalue weighted by atomic mass is 32.2. The minimum atomic E-state index is -1.28. The van der Waals surface area contributed by atoms with Gasteiger partial charge in [0.05, 0.1) is 31.5 Å². The topological polar surface area (TPSA) is 353 Å². The van der Waals surface area contributed by atoms with Gasteiger partial charge in [-0.2, -0.15) is 11.8 Å². The van der Waals surface area contributed by atoms with E-state index in [-0.39, 0.29) is 62.0 Å². The molecule has 2 aliphatic rings. The number of hydroxylamine groups is 1. The average molecular weight is 980 g/mol. The number of fused-ring (bicyclic) bond motifs is 2. The Morgan fingerprint density at radius 2 is 1.57 bits per heavy atom. The number of thioether (sulfide) groups is 1. The fraction of sp³-hybridized carbons (Fsp3) is 0.556. The van der Waals surface area contributed by atoms with Gasteiger partial charge in [-0.3, -0.25) is 43.6 Å². The number of carbonyl (C=O) groups is 9. The predicted molar refractivity (Wildman–Crippen MR) is 254 cm³/mol. The number of rotatable bonds is 29. The van der Waals surface area contributed by atoms with Gasteiger partial charge in [0.2, 0.25) is 47.3 Å². The summed E-state index contributed by atoms with van der Waals surface area (Å²) in [6.45, 7) is 2.96. The number of para-hydroxylation sites is 1. The highest BCUT2D eigenvalue weighted by molar-refractivity contribution is 8.00. The number of unbranched alkanes of at least 4 members (excludes halogenated alkanes) is 2. The van der Waals surface area contributed by atoms with Gasteiger partial charge in [0.15, 0.2) is 0 Å². The number of nitrogens with one attached hydrogen (secondary N) is 11. The summed E-state index contributed by atoms with van der Waals surface area (Å²) in [5.74, 6) is -5.23. The van der Waals surface area contributed by atoms with E-state index in [9.17, 15) is 43.2 Å². The molecule has 0 spiro atoms. The normalized spacial score (nSPS) is 17.9. The molecule has 23 nitrogen and oxygen atoms in total. The van der Waals surface area contributed by atoms with E-state index in [0.29, 0.717) is 42.3 Å². The molecular weight excluding hydrogens is 915 g/mol. The van der Waals surface area contributed by atoms with Gasteiger partial charge >= 0.3 is 6.03 Å². The van der Waals surface area contributed by atoms with Crippen molar-refractivity contribution in [2.75, 3.05) is 25.4 Å². The molecule has 1 aromatic carbocycles. The van der Waals surface area contributed by atoms with Gasteiger partial charge in [-0.05, 0) is 56.1 Å². The number of H-pyrrole nitrogens is 2. The highest BCUT2D eigenvalue weighted by Gasteiger charge is 2.42. The number of carbonyl (C=O) groups excluding carboxylic acids is 9. The number of urea groups is 1. The molecule has 10 amide bonds. The van der Waals surface area contributed by atoms with Crippen LogP contribution in [0.3, 0.4) is 0 Å². The molecule has 14 N–H and O–H groups in total. The monoisotopic (exact) mass is 979 g/mol. The zero-order chi connectivity index (χ0) is 49.9. The van der Waals surface area contributed by atoms with E-state index in [1.54, 1.807) is 6.20 Å². The Balaban J connectivity index is 1.08. The van der Waals surface area contributed by atoms with Crippen molar-refractivity contribution >= 4 is 76.0 Å². The van der Waals surface area contributed by atoms with Crippen LogP contribution >= 0.6 is 11.8 Å². The second kappa shape index (κ2) is 26.7. The van der Waals surface area contributed by atoms with Crippen molar-refractivity contribution in [1.29, 1.82) is 0 Å². The molecule has 0 radical (unpaired) electrons. The molecule has 5 rings (SSSR count). The first-order valence-corrected chi connectivity index (χ1v) is 24.3. The summed E-state index contributed by atoms with van der Waals surface area (Å²) < 4.78 is 0. The molecule has 0 saturated carbocycles. The maximum Gasteiger partial charge on any atom is 0.315 e. The van der Waals surface area contributed by atoms with Crippen LogP contribution in [0.2, 0.25) is 0 Å². The molecule has 2 saturated heterocycles. The number of nitrogens with two attached hydrogens (primary N) is 1. The van der Waals surface area contributed by atoms with Crippen LogP contribution < -0.4 is 53.7 Å². The summed E-state index contributed by atoms with van der Waals surface area (Å²) in [5.41, 5.74) is 9.01. The zero-order valence-electron chi connectivity index (χ0n) is 38.8. The second-order valence-electron chi connectivity index (χ2n) is 17.8. The summed E-state index contributed by atoms with van der Waals surface area (Å²) in [5, 5.41) is 31.9. The number of imidazole rings is 1. The number of aromatic nitrogens is 3. The number of aromatic amines is 2. The van der Waals surface area contributed by atoms with Gasteiger partial charge in [0, 0.05) is 78.1 Å². The minimum Gasteiger partial charge on any atom is -0.368 e. The molecule has 69 heavy (non-hydrogen) atoms. The smallest absolute Gasteiger partial charge is 0.315 e. The number of nitrogens with zero attached hydrogens (tertiary/aromatic N) is 1. The van der Waals surface area contributed by atoms with Crippen molar-refractivity contribution < 1.29 is 48.4 Å². The molecule has 1 unspecified atom stereocenters. The van der Waals surface area contributed by atoms with E-state index in [1.807, 2.05) is 49.9 Å². The summed E-state index contributed by atoms with van der Waals surface area (Å²) in [6, 6.07) is 3.93. The predicted octanol–water partition coefficient (Wildman–Crippen LogP) is -0.582. The van der Waals surface area contributed by atoms with Crippen LogP contribution in [0.1, 0.15) is 82.9 Å². The molecule has 0 bridgehead atoms. The number of benzene rings is 1. The van der Waals surface area contributed by atoms with Crippen LogP contribution in [0, 0.1) is 11.8 Å². The SMILES string of the molecule is CC(C)CC(CC(=O)NO)C(=O)N[C@@H](Cc1cnc[nH]1)C(=O)N[C@@H](Cc1c[nH]c2ccccc12)C(=O)NCC(=O)NCC(=O)N[C@@H](CCCCNC(=O)CCCC[C@@H]1SC[C@@H]2NC(=O)N[C@@H]21)C(N)=O. The van der Waals surface area contributed by atoms with E-state index in [1.165, 1.54) is 18.0 Å². The molecule has 24 heteroatoms. The van der Waals surface area contributed by atoms with Gasteiger partial charge in [-0.1, -0.05) is 38.5 Å². The van der Waals surface area contributed by atoms with Gasteiger partial charge in [0.25, 0.3) is 0 Å². The van der Waals surface area contributed by atoms with Crippen LogP contribution in [-0.4, -0.2) is 134 Å². The van der Waals surface area contributed by atoms with Gasteiger partial charge in [-0.15, -0.1) is 0 Å². The molecule has 2 aromatic heterocycles. The Bertz CT molecular complexity index is 2260. The minimum absolute atomic E-state index is 0.0150. The van der Waals surface area contributed by atoms with Crippen molar-refractivity contribution in [3.8, 4) is 0 Å². The van der Waals surface area contributed by atoms with Crippen molar-refractivity contribution in [2.45, 2.75) is 120 Å². The van der Waals surface area contributed by atoms with Crippen LogP contribution in [0.4, 0.5) is 4.79 Å². The van der Waals surface area contributed by atoms with Crippen molar-refractivity contribution in [3.05, 3.63) is 54.2 Å². The number of amides is 10. The number of hydrogen-bond acceptors (Lipinski definition) is 12. The Morgan fingerprint density at radius 3 is 2.30 bits per heavy atom. The van der Waals surface area contributed by atoms with Crippen LogP contribution in [-0.2, 0) is 51.2 Å². The maximum atomic E-state index is 14.1. The zero-order valence-corrected chi connectivity index (χ0v) is 39.6. The lowest BCUT2D eigenvalue weighted by Gasteiger charge is -2.25. The first-order chi connectivity index (χ1) is 33.1. The van der Waals surface area contributed by atoms with Crippen LogP contribution in [0.15, 0.2) is 43.0 Å². The van der Waals surface area contributed by atoms with E-state index in [2.05, 4.69) is 57.5 Å².